The lowest BCUT2D eigenvalue weighted by Crippen LogP contribution is -2.56. The quantitative estimate of drug-likeness (QED) is 0.910. The van der Waals surface area contributed by atoms with Crippen molar-refractivity contribution < 1.29 is 0 Å². The molecule has 21 heavy (non-hydrogen) atoms. The molecule has 1 N–H and O–H groups in total. The molecule has 0 spiro atoms. The van der Waals surface area contributed by atoms with Gasteiger partial charge in [0.1, 0.15) is 0 Å². The van der Waals surface area contributed by atoms with Crippen molar-refractivity contribution in [2.24, 2.45) is 5.92 Å². The third-order valence-corrected chi connectivity index (χ3v) is 4.63. The van der Waals surface area contributed by atoms with Gasteiger partial charge in [-0.3, -0.25) is 4.90 Å². The fourth-order valence-corrected chi connectivity index (χ4v) is 3.19. The van der Waals surface area contributed by atoms with Crippen molar-refractivity contribution in [3.63, 3.8) is 0 Å². The van der Waals surface area contributed by atoms with E-state index in [0.29, 0.717) is 18.0 Å². The lowest BCUT2D eigenvalue weighted by Gasteiger charge is -2.41. The van der Waals surface area contributed by atoms with Crippen molar-refractivity contribution >= 4 is 0 Å². The minimum Gasteiger partial charge on any atom is -0.311 e. The van der Waals surface area contributed by atoms with Gasteiger partial charge in [0.25, 0.3) is 0 Å². The molecule has 1 aromatic carbocycles. The van der Waals surface area contributed by atoms with Crippen molar-refractivity contribution in [2.45, 2.75) is 65.6 Å². The zero-order chi connectivity index (χ0) is 15.6. The maximum Gasteiger partial charge on any atom is 0.0247 e. The van der Waals surface area contributed by atoms with Crippen molar-refractivity contribution in [3.05, 3.63) is 35.4 Å². The second-order valence-corrected chi connectivity index (χ2v) is 8.00. The standard InChI is InChI=1S/C19H32N2/c1-14(2)18-11-20-15(3)12-21(18)13-16-7-9-17(10-8-16)19(4,5)6/h7-10,14-15,18,20H,11-13H2,1-6H3. The molecule has 1 aromatic rings. The van der Waals surface area contributed by atoms with E-state index < -0.39 is 0 Å². The molecule has 1 saturated heterocycles. The van der Waals surface area contributed by atoms with Gasteiger partial charge >= 0.3 is 0 Å². The summed E-state index contributed by atoms with van der Waals surface area (Å²) in [5.41, 5.74) is 3.09. The fraction of sp³-hybridized carbons (Fsp3) is 0.684. The molecule has 2 rings (SSSR count). The van der Waals surface area contributed by atoms with Crippen LogP contribution in [0.2, 0.25) is 0 Å². The van der Waals surface area contributed by atoms with E-state index in [4.69, 9.17) is 0 Å². The predicted molar refractivity (Wildman–Crippen MR) is 91.6 cm³/mol. The van der Waals surface area contributed by atoms with Gasteiger partial charge in [-0.1, -0.05) is 58.9 Å². The summed E-state index contributed by atoms with van der Waals surface area (Å²) in [6.07, 6.45) is 0. The van der Waals surface area contributed by atoms with Crippen LogP contribution in [0.15, 0.2) is 24.3 Å². The van der Waals surface area contributed by atoms with Crippen LogP contribution in [0.25, 0.3) is 0 Å². The first-order valence-electron chi connectivity index (χ1n) is 8.34. The van der Waals surface area contributed by atoms with E-state index in [9.17, 15) is 0 Å². The number of hydrogen-bond donors (Lipinski definition) is 1. The van der Waals surface area contributed by atoms with Crippen LogP contribution in [0.5, 0.6) is 0 Å². The zero-order valence-electron chi connectivity index (χ0n) is 14.6. The van der Waals surface area contributed by atoms with Gasteiger partial charge in [0, 0.05) is 31.7 Å². The van der Waals surface area contributed by atoms with Gasteiger partial charge in [-0.2, -0.15) is 0 Å². The highest BCUT2D eigenvalue weighted by Gasteiger charge is 2.27. The van der Waals surface area contributed by atoms with Crippen molar-refractivity contribution in [1.82, 2.24) is 10.2 Å². The summed E-state index contributed by atoms with van der Waals surface area (Å²) in [7, 11) is 0. The van der Waals surface area contributed by atoms with Gasteiger partial charge in [-0.25, -0.2) is 0 Å². The summed E-state index contributed by atoms with van der Waals surface area (Å²) in [6, 6.07) is 10.4. The summed E-state index contributed by atoms with van der Waals surface area (Å²) < 4.78 is 0. The Morgan fingerprint density at radius 1 is 1.19 bits per heavy atom. The van der Waals surface area contributed by atoms with E-state index in [1.54, 1.807) is 0 Å². The van der Waals surface area contributed by atoms with Crippen LogP contribution in [-0.4, -0.2) is 30.1 Å². The summed E-state index contributed by atoms with van der Waals surface area (Å²) in [5, 5.41) is 3.62. The van der Waals surface area contributed by atoms with Gasteiger partial charge in [0.15, 0.2) is 0 Å². The third kappa shape index (κ3) is 4.31. The predicted octanol–water partition coefficient (Wildman–Crippen LogP) is 3.80. The van der Waals surface area contributed by atoms with Crippen molar-refractivity contribution in [3.8, 4) is 0 Å². The Hall–Kier alpha value is -0.860. The molecule has 0 bridgehead atoms. The number of hydrogen-bond acceptors (Lipinski definition) is 2. The van der Waals surface area contributed by atoms with E-state index in [0.717, 1.165) is 19.6 Å². The van der Waals surface area contributed by atoms with Crippen LogP contribution in [0, 0.1) is 5.92 Å². The molecule has 2 unspecified atom stereocenters. The van der Waals surface area contributed by atoms with Crippen molar-refractivity contribution in [2.75, 3.05) is 13.1 Å². The Labute approximate surface area is 130 Å². The van der Waals surface area contributed by atoms with Gasteiger partial charge < -0.3 is 5.32 Å². The number of rotatable bonds is 3. The Morgan fingerprint density at radius 3 is 2.33 bits per heavy atom. The average Bonchev–Trinajstić information content (AvgIpc) is 2.38. The first-order chi connectivity index (χ1) is 9.77. The molecule has 0 radical (unpaired) electrons. The van der Waals surface area contributed by atoms with E-state index in [2.05, 4.69) is 76.0 Å². The lowest BCUT2D eigenvalue weighted by atomic mass is 9.86. The van der Waals surface area contributed by atoms with Crippen LogP contribution < -0.4 is 5.32 Å². The molecule has 0 saturated carbocycles. The molecule has 2 nitrogen and oxygen atoms in total. The van der Waals surface area contributed by atoms with Crippen LogP contribution in [-0.2, 0) is 12.0 Å². The maximum absolute atomic E-state index is 3.62. The highest BCUT2D eigenvalue weighted by Crippen LogP contribution is 2.23. The number of piperazine rings is 1. The van der Waals surface area contributed by atoms with Crippen LogP contribution in [0.1, 0.15) is 52.7 Å². The highest BCUT2D eigenvalue weighted by molar-refractivity contribution is 5.27. The largest absolute Gasteiger partial charge is 0.311 e. The molecule has 1 aliphatic heterocycles. The molecule has 118 valence electrons. The number of benzene rings is 1. The summed E-state index contributed by atoms with van der Waals surface area (Å²) >= 11 is 0. The van der Waals surface area contributed by atoms with Crippen LogP contribution >= 0.6 is 0 Å². The Kier molecular flexibility index (Phi) is 5.11. The maximum atomic E-state index is 3.62. The van der Waals surface area contributed by atoms with E-state index >= 15 is 0 Å². The number of nitrogens with one attached hydrogen (secondary N) is 1. The molecular weight excluding hydrogens is 256 g/mol. The molecule has 0 amide bonds. The monoisotopic (exact) mass is 288 g/mol. The van der Waals surface area contributed by atoms with Crippen molar-refractivity contribution in [1.29, 1.82) is 0 Å². The van der Waals surface area contributed by atoms with Crippen LogP contribution in [0.3, 0.4) is 0 Å². The molecule has 0 aromatic heterocycles. The molecule has 0 aliphatic carbocycles. The lowest BCUT2D eigenvalue weighted by molar-refractivity contribution is 0.0956. The zero-order valence-corrected chi connectivity index (χ0v) is 14.6. The SMILES string of the molecule is CC1CN(Cc2ccc(C(C)(C)C)cc2)C(C(C)C)CN1. The van der Waals surface area contributed by atoms with E-state index in [-0.39, 0.29) is 5.41 Å². The molecule has 1 aliphatic rings. The Morgan fingerprint density at radius 2 is 1.81 bits per heavy atom. The van der Waals surface area contributed by atoms with E-state index in [1.807, 2.05) is 0 Å². The summed E-state index contributed by atoms with van der Waals surface area (Å²) in [5.74, 6) is 0.693. The second kappa shape index (κ2) is 6.50. The first kappa shape index (κ1) is 16.5. The Bertz CT molecular complexity index is 442. The van der Waals surface area contributed by atoms with Gasteiger partial charge in [-0.15, -0.1) is 0 Å². The van der Waals surface area contributed by atoms with Crippen LogP contribution in [0.4, 0.5) is 0 Å². The summed E-state index contributed by atoms with van der Waals surface area (Å²) in [6.45, 7) is 17.1. The normalized spacial score (nSPS) is 24.5. The Balaban J connectivity index is 2.08. The topological polar surface area (TPSA) is 15.3 Å². The minimum absolute atomic E-state index is 0.239. The highest BCUT2D eigenvalue weighted by atomic mass is 15.2. The van der Waals surface area contributed by atoms with E-state index in [1.165, 1.54) is 11.1 Å². The van der Waals surface area contributed by atoms with Gasteiger partial charge in [0.05, 0.1) is 0 Å². The molecule has 1 heterocycles. The molecule has 2 atom stereocenters. The second-order valence-electron chi connectivity index (χ2n) is 8.00. The molecular formula is C19H32N2. The first-order valence-corrected chi connectivity index (χ1v) is 8.34. The van der Waals surface area contributed by atoms with Gasteiger partial charge in [0.2, 0.25) is 0 Å². The third-order valence-electron chi connectivity index (χ3n) is 4.63. The molecule has 1 fully saturated rings. The summed E-state index contributed by atoms with van der Waals surface area (Å²) in [4.78, 5) is 2.65. The number of nitrogens with zero attached hydrogens (tertiary/aromatic N) is 1. The fourth-order valence-electron chi connectivity index (χ4n) is 3.19. The average molecular weight is 288 g/mol. The minimum atomic E-state index is 0.239. The molecule has 2 heteroatoms. The smallest absolute Gasteiger partial charge is 0.0247 e. The van der Waals surface area contributed by atoms with Gasteiger partial charge in [-0.05, 0) is 29.4 Å².